The van der Waals surface area contributed by atoms with Crippen LogP contribution in [0.5, 0.6) is 5.75 Å². The molecular weight excluding hydrogens is 317 g/mol. The van der Waals surface area contributed by atoms with Gasteiger partial charge in [-0.25, -0.2) is 0 Å². The van der Waals surface area contributed by atoms with E-state index in [2.05, 4.69) is 31.3 Å². The maximum absolute atomic E-state index is 6.27. The van der Waals surface area contributed by atoms with Gasteiger partial charge < -0.3 is 10.1 Å². The zero-order chi connectivity index (χ0) is 16.1. The van der Waals surface area contributed by atoms with Crippen molar-refractivity contribution in [1.29, 1.82) is 0 Å². The number of ether oxygens (including phenoxy) is 1. The molecule has 0 atom stereocenters. The Morgan fingerprint density at radius 1 is 1.09 bits per heavy atom. The molecule has 118 valence electrons. The third kappa shape index (κ3) is 4.08. The molecule has 2 nitrogen and oxygen atoms in total. The number of hydrogen-bond donors (Lipinski definition) is 1. The van der Waals surface area contributed by atoms with E-state index < -0.39 is 0 Å². The Hall–Kier alpha value is -1.38. The molecule has 4 heteroatoms. The second-order valence-corrected chi connectivity index (χ2v) is 6.15. The van der Waals surface area contributed by atoms with Crippen molar-refractivity contribution >= 4 is 28.9 Å². The van der Waals surface area contributed by atoms with Gasteiger partial charge in [-0.15, -0.1) is 0 Å². The fourth-order valence-electron chi connectivity index (χ4n) is 2.20. The largest absolute Gasteiger partial charge is 0.490 e. The predicted octanol–water partition coefficient (Wildman–Crippen LogP) is 6.01. The third-order valence-electron chi connectivity index (χ3n) is 3.60. The van der Waals surface area contributed by atoms with Crippen molar-refractivity contribution in [3.63, 3.8) is 0 Å². The van der Waals surface area contributed by atoms with Crippen LogP contribution < -0.4 is 10.1 Å². The van der Waals surface area contributed by atoms with Crippen LogP contribution in [0.15, 0.2) is 30.3 Å². The fourth-order valence-corrected chi connectivity index (χ4v) is 2.84. The number of aryl methyl sites for hydroxylation is 1. The van der Waals surface area contributed by atoms with E-state index in [4.69, 9.17) is 27.9 Å². The number of hydrogen-bond acceptors (Lipinski definition) is 2. The first-order chi connectivity index (χ1) is 10.5. The summed E-state index contributed by atoms with van der Waals surface area (Å²) >= 11 is 12.5. The van der Waals surface area contributed by atoms with E-state index >= 15 is 0 Å². The van der Waals surface area contributed by atoms with Crippen LogP contribution in [-0.4, -0.2) is 6.61 Å². The highest BCUT2D eigenvalue weighted by Crippen LogP contribution is 2.34. The van der Waals surface area contributed by atoms with Gasteiger partial charge in [-0.3, -0.25) is 0 Å². The molecule has 0 radical (unpaired) electrons. The molecule has 2 rings (SSSR count). The molecule has 0 aliphatic heterocycles. The van der Waals surface area contributed by atoms with Gasteiger partial charge in [0.05, 0.1) is 16.7 Å². The normalized spacial score (nSPS) is 10.6. The molecule has 0 unspecified atom stereocenters. The van der Waals surface area contributed by atoms with Crippen LogP contribution in [0.1, 0.15) is 30.0 Å². The van der Waals surface area contributed by atoms with Gasteiger partial charge in [0, 0.05) is 12.2 Å². The van der Waals surface area contributed by atoms with Crippen LogP contribution in [0.25, 0.3) is 0 Å². The lowest BCUT2D eigenvalue weighted by Gasteiger charge is -2.14. The highest BCUT2D eigenvalue weighted by molar-refractivity contribution is 6.37. The first-order valence-electron chi connectivity index (χ1n) is 7.43. The SMILES string of the molecule is CCCOc1c(Cl)cc(CNc2cccc(C)c2C)cc1Cl. The van der Waals surface area contributed by atoms with E-state index in [1.807, 2.05) is 25.1 Å². The lowest BCUT2D eigenvalue weighted by atomic mass is 10.1. The maximum Gasteiger partial charge on any atom is 0.156 e. The fraction of sp³-hybridized carbons (Fsp3) is 0.333. The summed E-state index contributed by atoms with van der Waals surface area (Å²) in [5, 5.41) is 4.54. The number of halogens is 2. The smallest absolute Gasteiger partial charge is 0.156 e. The van der Waals surface area contributed by atoms with Crippen molar-refractivity contribution in [3.05, 3.63) is 57.1 Å². The Balaban J connectivity index is 2.12. The summed E-state index contributed by atoms with van der Waals surface area (Å²) in [5.74, 6) is 0.570. The summed E-state index contributed by atoms with van der Waals surface area (Å²) < 4.78 is 5.59. The number of benzene rings is 2. The number of nitrogens with one attached hydrogen (secondary N) is 1. The minimum absolute atomic E-state index is 0.554. The van der Waals surface area contributed by atoms with Crippen molar-refractivity contribution in [3.8, 4) is 5.75 Å². The van der Waals surface area contributed by atoms with Crippen molar-refractivity contribution < 1.29 is 4.74 Å². The first kappa shape index (κ1) is 17.0. The summed E-state index contributed by atoms with van der Waals surface area (Å²) in [5.41, 5.74) is 4.67. The monoisotopic (exact) mass is 337 g/mol. The Morgan fingerprint density at radius 3 is 2.41 bits per heavy atom. The molecule has 1 N–H and O–H groups in total. The Labute approximate surface area is 142 Å². The van der Waals surface area contributed by atoms with Crippen LogP contribution in [0.2, 0.25) is 10.0 Å². The predicted molar refractivity (Wildman–Crippen MR) is 95.5 cm³/mol. The Morgan fingerprint density at radius 2 is 1.77 bits per heavy atom. The summed E-state index contributed by atoms with van der Waals surface area (Å²) in [6.07, 6.45) is 0.919. The maximum atomic E-state index is 6.27. The number of rotatable bonds is 6. The second-order valence-electron chi connectivity index (χ2n) is 5.34. The Kier molecular flexibility index (Phi) is 5.98. The minimum atomic E-state index is 0.554. The molecule has 2 aromatic rings. The standard InChI is InChI=1S/C18H21Cl2NO/c1-4-8-22-18-15(19)9-14(10-16(18)20)11-21-17-7-5-6-12(2)13(17)3/h5-7,9-10,21H,4,8,11H2,1-3H3. The molecular formula is C18H21Cl2NO. The van der Waals surface area contributed by atoms with Crippen LogP contribution in [-0.2, 0) is 6.54 Å². The summed E-state index contributed by atoms with van der Waals surface area (Å²) in [7, 11) is 0. The number of anilines is 1. The molecule has 0 saturated carbocycles. The van der Waals surface area contributed by atoms with Crippen LogP contribution >= 0.6 is 23.2 Å². The van der Waals surface area contributed by atoms with Gasteiger partial charge in [0.2, 0.25) is 0 Å². The molecule has 0 aliphatic carbocycles. The van der Waals surface area contributed by atoms with Crippen molar-refractivity contribution in [2.75, 3.05) is 11.9 Å². The molecule has 0 aliphatic rings. The quantitative estimate of drug-likeness (QED) is 0.696. The highest BCUT2D eigenvalue weighted by Gasteiger charge is 2.10. The molecule has 0 saturated heterocycles. The third-order valence-corrected chi connectivity index (χ3v) is 4.16. The zero-order valence-corrected chi connectivity index (χ0v) is 14.7. The summed E-state index contributed by atoms with van der Waals surface area (Å²) in [4.78, 5) is 0. The molecule has 22 heavy (non-hydrogen) atoms. The lowest BCUT2D eigenvalue weighted by molar-refractivity contribution is 0.318. The van der Waals surface area contributed by atoms with Gasteiger partial charge in [0.15, 0.2) is 5.75 Å². The van der Waals surface area contributed by atoms with E-state index in [0.717, 1.165) is 17.7 Å². The van der Waals surface area contributed by atoms with E-state index in [9.17, 15) is 0 Å². The molecule has 0 amide bonds. The van der Waals surface area contributed by atoms with E-state index in [1.54, 1.807) is 0 Å². The van der Waals surface area contributed by atoms with Crippen LogP contribution in [0.3, 0.4) is 0 Å². The van der Waals surface area contributed by atoms with Crippen LogP contribution in [0.4, 0.5) is 5.69 Å². The van der Waals surface area contributed by atoms with Crippen LogP contribution in [0, 0.1) is 13.8 Å². The summed E-state index contributed by atoms with van der Waals surface area (Å²) in [6, 6.07) is 10.0. The average Bonchev–Trinajstić information content (AvgIpc) is 2.48. The van der Waals surface area contributed by atoms with Gasteiger partial charge in [-0.2, -0.15) is 0 Å². The second kappa shape index (κ2) is 7.75. The Bertz CT molecular complexity index is 633. The summed E-state index contributed by atoms with van der Waals surface area (Å²) in [6.45, 7) is 7.54. The molecule has 2 aromatic carbocycles. The van der Waals surface area contributed by atoms with E-state index in [0.29, 0.717) is 28.9 Å². The lowest BCUT2D eigenvalue weighted by Crippen LogP contribution is -2.03. The zero-order valence-electron chi connectivity index (χ0n) is 13.2. The van der Waals surface area contributed by atoms with Crippen molar-refractivity contribution in [1.82, 2.24) is 0 Å². The molecule has 0 bridgehead atoms. The van der Waals surface area contributed by atoms with Crippen molar-refractivity contribution in [2.45, 2.75) is 33.7 Å². The van der Waals surface area contributed by atoms with Gasteiger partial charge in [0.25, 0.3) is 0 Å². The van der Waals surface area contributed by atoms with Crippen molar-refractivity contribution in [2.24, 2.45) is 0 Å². The van der Waals surface area contributed by atoms with Gasteiger partial charge >= 0.3 is 0 Å². The first-order valence-corrected chi connectivity index (χ1v) is 8.19. The van der Waals surface area contributed by atoms with E-state index in [1.165, 1.54) is 11.1 Å². The molecule has 0 spiro atoms. The molecule has 0 aromatic heterocycles. The van der Waals surface area contributed by atoms with Gasteiger partial charge in [0.1, 0.15) is 0 Å². The molecule has 0 fully saturated rings. The van der Waals surface area contributed by atoms with E-state index in [-0.39, 0.29) is 0 Å². The average molecular weight is 338 g/mol. The molecule has 0 heterocycles. The minimum Gasteiger partial charge on any atom is -0.490 e. The van der Waals surface area contributed by atoms with Gasteiger partial charge in [-0.05, 0) is 55.2 Å². The topological polar surface area (TPSA) is 21.3 Å². The van der Waals surface area contributed by atoms with Gasteiger partial charge in [-0.1, -0.05) is 42.3 Å². The highest BCUT2D eigenvalue weighted by atomic mass is 35.5.